The van der Waals surface area contributed by atoms with Crippen molar-refractivity contribution >= 4 is 5.91 Å². The van der Waals surface area contributed by atoms with Gasteiger partial charge in [-0.1, -0.05) is 23.4 Å². The molecule has 28 heavy (non-hydrogen) atoms. The molecule has 0 spiro atoms. The number of aromatic nitrogens is 2. The van der Waals surface area contributed by atoms with Gasteiger partial charge in [-0.05, 0) is 29.8 Å². The highest BCUT2D eigenvalue weighted by Crippen LogP contribution is 2.27. The van der Waals surface area contributed by atoms with Crippen LogP contribution in [0.2, 0.25) is 0 Å². The van der Waals surface area contributed by atoms with Gasteiger partial charge in [0.2, 0.25) is 17.6 Å². The summed E-state index contributed by atoms with van der Waals surface area (Å²) in [5, 5.41) is 6.59. The van der Waals surface area contributed by atoms with E-state index in [4.69, 9.17) is 14.0 Å². The van der Waals surface area contributed by atoms with Crippen molar-refractivity contribution in [1.82, 2.24) is 15.5 Å². The Bertz CT molecular complexity index is 958. The molecule has 0 aliphatic carbocycles. The number of carbonyl (C=O) groups is 1. The van der Waals surface area contributed by atoms with E-state index in [1.165, 1.54) is 6.07 Å². The Morgan fingerprint density at radius 2 is 1.93 bits per heavy atom. The van der Waals surface area contributed by atoms with Crippen molar-refractivity contribution in [1.29, 1.82) is 0 Å². The number of benzene rings is 2. The average molecular weight is 385 g/mol. The van der Waals surface area contributed by atoms with Gasteiger partial charge in [-0.3, -0.25) is 4.79 Å². The van der Waals surface area contributed by atoms with Crippen LogP contribution in [-0.4, -0.2) is 30.3 Å². The summed E-state index contributed by atoms with van der Waals surface area (Å²) in [5.74, 6) is 1.07. The zero-order valence-corrected chi connectivity index (χ0v) is 15.6. The van der Waals surface area contributed by atoms with E-state index < -0.39 is 5.82 Å². The number of amides is 1. The van der Waals surface area contributed by atoms with E-state index in [9.17, 15) is 9.18 Å². The van der Waals surface area contributed by atoms with E-state index in [2.05, 4.69) is 15.5 Å². The van der Waals surface area contributed by atoms with Crippen molar-refractivity contribution in [3.05, 3.63) is 59.7 Å². The van der Waals surface area contributed by atoms with Crippen LogP contribution in [0.15, 0.2) is 47.0 Å². The first-order chi connectivity index (χ1) is 13.6. The lowest BCUT2D eigenvalue weighted by Gasteiger charge is -2.10. The molecule has 0 radical (unpaired) electrons. The molecule has 1 amide bonds. The highest BCUT2D eigenvalue weighted by atomic mass is 19.1. The van der Waals surface area contributed by atoms with E-state index in [1.807, 2.05) is 6.07 Å². The minimum atomic E-state index is -0.428. The molecule has 0 bridgehead atoms. The number of aryl methyl sites for hydroxylation is 1. The van der Waals surface area contributed by atoms with Crippen LogP contribution in [0.5, 0.6) is 11.5 Å². The van der Waals surface area contributed by atoms with Gasteiger partial charge in [0.15, 0.2) is 11.5 Å². The fourth-order valence-electron chi connectivity index (χ4n) is 2.61. The second-order valence-electron chi connectivity index (χ2n) is 5.96. The molecular weight excluding hydrogens is 365 g/mol. The van der Waals surface area contributed by atoms with Gasteiger partial charge in [-0.25, -0.2) is 4.39 Å². The maximum Gasteiger partial charge on any atom is 0.227 e. The van der Waals surface area contributed by atoms with Gasteiger partial charge in [0.05, 0.1) is 19.8 Å². The van der Waals surface area contributed by atoms with Crippen LogP contribution >= 0.6 is 0 Å². The van der Waals surface area contributed by atoms with Gasteiger partial charge in [0.1, 0.15) is 5.82 Å². The van der Waals surface area contributed by atoms with Crippen molar-refractivity contribution in [3.63, 3.8) is 0 Å². The summed E-state index contributed by atoms with van der Waals surface area (Å²) in [6, 6.07) is 11.6. The predicted octanol–water partition coefficient (Wildman–Crippen LogP) is 3.14. The molecule has 0 aliphatic rings. The number of hydrogen-bond donors (Lipinski definition) is 1. The summed E-state index contributed by atoms with van der Waals surface area (Å²) in [6.45, 7) is 0.351. The molecule has 3 aromatic rings. The number of rotatable bonds is 8. The van der Waals surface area contributed by atoms with Crippen LogP contribution in [0.4, 0.5) is 4.39 Å². The minimum Gasteiger partial charge on any atom is -0.493 e. The minimum absolute atomic E-state index is 0.166. The third kappa shape index (κ3) is 4.64. The van der Waals surface area contributed by atoms with Gasteiger partial charge < -0.3 is 19.3 Å². The van der Waals surface area contributed by atoms with Crippen LogP contribution < -0.4 is 14.8 Å². The molecule has 0 fully saturated rings. The SMILES string of the molecule is COc1ccc(CNC(=O)CCc2nc(-c3ccccc3F)no2)cc1OC. The van der Waals surface area contributed by atoms with Crippen molar-refractivity contribution in [3.8, 4) is 22.9 Å². The van der Waals surface area contributed by atoms with Crippen LogP contribution in [0.1, 0.15) is 17.9 Å². The number of nitrogens with one attached hydrogen (secondary N) is 1. The Labute approximate surface area is 161 Å². The largest absolute Gasteiger partial charge is 0.493 e. The predicted molar refractivity (Wildman–Crippen MR) is 99.4 cm³/mol. The zero-order chi connectivity index (χ0) is 19.9. The first-order valence-corrected chi connectivity index (χ1v) is 8.65. The molecule has 1 N–H and O–H groups in total. The van der Waals surface area contributed by atoms with E-state index in [-0.39, 0.29) is 36.0 Å². The number of methoxy groups -OCH3 is 2. The molecule has 1 aromatic heterocycles. The fourth-order valence-corrected chi connectivity index (χ4v) is 2.61. The Kier molecular flexibility index (Phi) is 6.21. The van der Waals surface area contributed by atoms with Gasteiger partial charge >= 0.3 is 0 Å². The molecule has 0 saturated carbocycles. The van der Waals surface area contributed by atoms with E-state index in [0.717, 1.165) is 5.56 Å². The highest BCUT2D eigenvalue weighted by molar-refractivity contribution is 5.76. The van der Waals surface area contributed by atoms with Crippen LogP contribution in [0.25, 0.3) is 11.4 Å². The van der Waals surface area contributed by atoms with Crippen LogP contribution in [0, 0.1) is 5.82 Å². The van der Waals surface area contributed by atoms with Crippen LogP contribution in [-0.2, 0) is 17.8 Å². The van der Waals surface area contributed by atoms with Crippen molar-refractivity contribution in [2.24, 2.45) is 0 Å². The molecule has 0 atom stereocenters. The van der Waals surface area contributed by atoms with Crippen LogP contribution in [0.3, 0.4) is 0 Å². The molecular formula is C20H20FN3O4. The van der Waals surface area contributed by atoms with E-state index in [1.54, 1.807) is 44.6 Å². The lowest BCUT2D eigenvalue weighted by atomic mass is 10.2. The van der Waals surface area contributed by atoms with Gasteiger partial charge in [-0.2, -0.15) is 4.98 Å². The summed E-state index contributed by atoms with van der Waals surface area (Å²) in [4.78, 5) is 16.2. The van der Waals surface area contributed by atoms with Gasteiger partial charge in [0.25, 0.3) is 0 Å². The Morgan fingerprint density at radius 1 is 1.14 bits per heavy atom. The molecule has 0 unspecified atom stereocenters. The van der Waals surface area contributed by atoms with E-state index >= 15 is 0 Å². The number of hydrogen-bond acceptors (Lipinski definition) is 6. The average Bonchev–Trinajstić information content (AvgIpc) is 3.19. The molecule has 2 aromatic carbocycles. The second-order valence-corrected chi connectivity index (χ2v) is 5.96. The lowest BCUT2D eigenvalue weighted by Crippen LogP contribution is -2.23. The number of halogens is 1. The Morgan fingerprint density at radius 3 is 2.68 bits per heavy atom. The summed E-state index contributed by atoms with van der Waals surface area (Å²) >= 11 is 0. The van der Waals surface area contributed by atoms with Gasteiger partial charge in [-0.15, -0.1) is 0 Å². The maximum absolute atomic E-state index is 13.8. The quantitative estimate of drug-likeness (QED) is 0.641. The van der Waals surface area contributed by atoms with Crippen molar-refractivity contribution in [2.75, 3.05) is 14.2 Å². The smallest absolute Gasteiger partial charge is 0.227 e. The van der Waals surface area contributed by atoms with E-state index in [0.29, 0.717) is 18.0 Å². The number of carbonyl (C=O) groups excluding carboxylic acids is 1. The molecule has 0 aliphatic heterocycles. The Hall–Kier alpha value is -3.42. The third-order valence-electron chi connectivity index (χ3n) is 4.09. The summed E-state index contributed by atoms with van der Waals surface area (Å²) < 4.78 is 29.3. The number of ether oxygens (including phenoxy) is 2. The fraction of sp³-hybridized carbons (Fsp3) is 0.250. The zero-order valence-electron chi connectivity index (χ0n) is 15.6. The lowest BCUT2D eigenvalue weighted by molar-refractivity contribution is -0.121. The Balaban J connectivity index is 1.52. The normalized spacial score (nSPS) is 10.5. The molecule has 7 nitrogen and oxygen atoms in total. The monoisotopic (exact) mass is 385 g/mol. The molecule has 0 saturated heterocycles. The molecule has 3 rings (SSSR count). The summed E-state index contributed by atoms with van der Waals surface area (Å²) in [5.41, 5.74) is 1.14. The van der Waals surface area contributed by atoms with Crippen molar-refractivity contribution in [2.45, 2.75) is 19.4 Å². The van der Waals surface area contributed by atoms with Gasteiger partial charge in [0, 0.05) is 19.4 Å². The number of nitrogens with zero attached hydrogens (tertiary/aromatic N) is 2. The molecule has 8 heteroatoms. The van der Waals surface area contributed by atoms with Crippen molar-refractivity contribution < 1.29 is 23.2 Å². The molecule has 146 valence electrons. The second kappa shape index (κ2) is 8.98. The third-order valence-corrected chi connectivity index (χ3v) is 4.09. The molecule has 1 heterocycles. The topological polar surface area (TPSA) is 86.5 Å². The first kappa shape index (κ1) is 19.3. The summed E-state index contributed by atoms with van der Waals surface area (Å²) in [7, 11) is 3.12. The summed E-state index contributed by atoms with van der Waals surface area (Å²) in [6.07, 6.45) is 0.436. The standard InChI is InChI=1S/C20H20FN3O4/c1-26-16-8-7-13(11-17(16)27-2)12-22-18(25)9-10-19-23-20(24-28-19)14-5-3-4-6-15(14)21/h3-8,11H,9-10,12H2,1-2H3,(H,22,25). The first-order valence-electron chi connectivity index (χ1n) is 8.65. The maximum atomic E-state index is 13.8. The highest BCUT2D eigenvalue weighted by Gasteiger charge is 2.13.